The van der Waals surface area contributed by atoms with Gasteiger partial charge in [-0.25, -0.2) is 0 Å². The highest BCUT2D eigenvalue weighted by Crippen LogP contribution is 2.78. The summed E-state index contributed by atoms with van der Waals surface area (Å²) < 4.78 is 6.79. The maximum absolute atomic E-state index is 14.0. The van der Waals surface area contributed by atoms with Crippen molar-refractivity contribution < 1.29 is 19.4 Å². The number of rotatable bonds is 9. The minimum Gasteiger partial charge on any atom is -0.513 e. The first-order valence-electron chi connectivity index (χ1n) is 20.3. The van der Waals surface area contributed by atoms with Crippen molar-refractivity contribution in [3.8, 4) is 0 Å². The number of piperazine rings is 1. The minimum absolute atomic E-state index is 0.00984. The number of allylic oxidation sites excluding steroid dienone is 3. The fourth-order valence-corrected chi connectivity index (χ4v) is 14.6. The molecule has 7 heteroatoms. The van der Waals surface area contributed by atoms with Gasteiger partial charge < -0.3 is 25.8 Å². The monoisotopic (exact) mass is 706 g/mol. The van der Waals surface area contributed by atoms with Gasteiger partial charge in [0.1, 0.15) is 6.10 Å². The van der Waals surface area contributed by atoms with Crippen LogP contribution in [0, 0.1) is 56.2 Å². The largest absolute Gasteiger partial charge is 0.513 e. The van der Waals surface area contributed by atoms with E-state index in [-0.39, 0.29) is 74.2 Å². The van der Waals surface area contributed by atoms with Gasteiger partial charge in [-0.1, -0.05) is 73.8 Å². The minimum atomic E-state index is -0.389. The summed E-state index contributed by atoms with van der Waals surface area (Å²) in [5.74, 6) is 2.73. The topological polar surface area (TPSA) is 105 Å². The van der Waals surface area contributed by atoms with Crippen molar-refractivity contribution in [1.29, 1.82) is 0 Å². The molecule has 2 amide bonds. The lowest BCUT2D eigenvalue weighted by Crippen LogP contribution is -2.76. The standard InChI is InChI=1S/C44H71N3O4/c1-28(2)31-12-18-43(26-36(50)47-23-22-46-35(49)27-47)21-20-42(11)41(10)17-13-32-39(7,8)34(51-30(4)25-38(5,6)24-29(3)48)15-16-40(32,9)33(41)14-19-44(42,45)37(31)43/h31-34,37,48H,1,3-4,12-27,45H2,2,5-11H3,(H,46,49)/t31-,32-,33+,34?,37-,40-,41+,42-,43+,44?/m0/s1. The van der Waals surface area contributed by atoms with Crippen LogP contribution in [-0.2, 0) is 14.3 Å². The van der Waals surface area contributed by atoms with E-state index in [2.05, 4.69) is 80.4 Å². The second-order valence-corrected chi connectivity index (χ2v) is 20.7. The Morgan fingerprint density at radius 3 is 2.29 bits per heavy atom. The molecule has 10 atom stereocenters. The zero-order valence-corrected chi connectivity index (χ0v) is 33.5. The quantitative estimate of drug-likeness (QED) is 0.164. The summed E-state index contributed by atoms with van der Waals surface area (Å²) in [6, 6.07) is 0. The van der Waals surface area contributed by atoms with Gasteiger partial charge in [0.25, 0.3) is 0 Å². The molecule has 0 bridgehead atoms. The smallest absolute Gasteiger partial charge is 0.239 e. The fourth-order valence-electron chi connectivity index (χ4n) is 14.6. The number of nitrogens with one attached hydrogen (secondary N) is 1. The Labute approximate surface area is 309 Å². The van der Waals surface area contributed by atoms with Crippen LogP contribution in [0.2, 0.25) is 0 Å². The van der Waals surface area contributed by atoms with E-state index in [1.54, 1.807) is 4.90 Å². The van der Waals surface area contributed by atoms with E-state index >= 15 is 0 Å². The van der Waals surface area contributed by atoms with Crippen molar-refractivity contribution in [2.45, 2.75) is 151 Å². The lowest BCUT2D eigenvalue weighted by molar-refractivity contribution is -0.255. The third-order valence-corrected chi connectivity index (χ3v) is 17.0. The molecule has 0 spiro atoms. The van der Waals surface area contributed by atoms with Gasteiger partial charge in [0.05, 0.1) is 18.1 Å². The maximum Gasteiger partial charge on any atom is 0.239 e. The lowest BCUT2D eigenvalue weighted by Gasteiger charge is -2.75. The second kappa shape index (κ2) is 12.7. The maximum atomic E-state index is 14.0. The Hall–Kier alpha value is -2.28. The van der Waals surface area contributed by atoms with Crippen molar-refractivity contribution in [2.75, 3.05) is 19.6 Å². The molecule has 6 aliphatic rings. The number of amides is 2. The average molecular weight is 706 g/mol. The summed E-state index contributed by atoms with van der Waals surface area (Å²) in [5, 5.41) is 12.7. The molecule has 286 valence electrons. The van der Waals surface area contributed by atoms with Crippen LogP contribution in [0.25, 0.3) is 0 Å². The summed E-state index contributed by atoms with van der Waals surface area (Å²) in [4.78, 5) is 28.0. The molecule has 1 saturated heterocycles. The number of nitrogens with two attached hydrogens (primary N) is 1. The number of carbonyl (C=O) groups is 2. The van der Waals surface area contributed by atoms with E-state index in [1.165, 1.54) is 12.0 Å². The predicted molar refractivity (Wildman–Crippen MR) is 205 cm³/mol. The van der Waals surface area contributed by atoms with Crippen LogP contribution in [0.15, 0.2) is 36.8 Å². The number of hydrogen-bond acceptors (Lipinski definition) is 5. The molecule has 1 heterocycles. The van der Waals surface area contributed by atoms with E-state index in [0.29, 0.717) is 50.1 Å². The van der Waals surface area contributed by atoms with Crippen LogP contribution in [-0.4, -0.2) is 53.1 Å². The summed E-state index contributed by atoms with van der Waals surface area (Å²) in [5.41, 5.74) is 8.82. The molecule has 5 aliphatic carbocycles. The number of nitrogens with zero attached hydrogens (tertiary/aromatic N) is 1. The molecule has 4 N–H and O–H groups in total. The Morgan fingerprint density at radius 1 is 0.961 bits per heavy atom. The van der Waals surface area contributed by atoms with E-state index in [0.717, 1.165) is 63.5 Å². The number of aliphatic hydroxyl groups excluding tert-OH is 1. The molecule has 0 aromatic rings. The third kappa shape index (κ3) is 5.93. The van der Waals surface area contributed by atoms with Crippen LogP contribution < -0.4 is 11.1 Å². The predicted octanol–water partition coefficient (Wildman–Crippen LogP) is 8.85. The number of carbonyl (C=O) groups excluding carboxylic acids is 2. The number of aliphatic hydroxyl groups is 1. The van der Waals surface area contributed by atoms with Gasteiger partial charge in [0.15, 0.2) is 0 Å². The number of ether oxygens (including phenoxy) is 1. The van der Waals surface area contributed by atoms with E-state index in [1.807, 2.05) is 0 Å². The van der Waals surface area contributed by atoms with Crippen molar-refractivity contribution in [1.82, 2.24) is 10.2 Å². The first-order chi connectivity index (χ1) is 23.6. The molecular formula is C44H71N3O4. The first-order valence-corrected chi connectivity index (χ1v) is 20.3. The van der Waals surface area contributed by atoms with Gasteiger partial charge in [-0.15, -0.1) is 0 Å². The number of fused-ring (bicyclic) bond motifs is 7. The molecule has 2 unspecified atom stereocenters. The van der Waals surface area contributed by atoms with Crippen LogP contribution in [0.5, 0.6) is 0 Å². The van der Waals surface area contributed by atoms with Gasteiger partial charge >= 0.3 is 0 Å². The molecular weight excluding hydrogens is 635 g/mol. The zero-order valence-electron chi connectivity index (χ0n) is 33.5. The van der Waals surface area contributed by atoms with Gasteiger partial charge in [-0.05, 0) is 122 Å². The third-order valence-electron chi connectivity index (χ3n) is 17.0. The SMILES string of the molecule is C=C(O)CC(C)(C)CC(=C)OC1CC[C@]2(C)[C@H]3CCC4(N)[C@H]5[C@H](C(=C)C)CC[C@]5(CC(=O)N5CCNC(=O)C5)CC[C@@]4(C)[C@]3(C)CC[C@H]2C1(C)C. The van der Waals surface area contributed by atoms with Gasteiger partial charge in [0.2, 0.25) is 11.8 Å². The molecule has 51 heavy (non-hydrogen) atoms. The highest BCUT2D eigenvalue weighted by atomic mass is 16.5. The first kappa shape index (κ1) is 38.4. The zero-order chi connectivity index (χ0) is 37.6. The second-order valence-electron chi connectivity index (χ2n) is 20.7. The van der Waals surface area contributed by atoms with Crippen LogP contribution in [0.4, 0.5) is 0 Å². The fraction of sp³-hybridized carbons (Fsp3) is 0.818. The summed E-state index contributed by atoms with van der Waals surface area (Å²) >= 11 is 0. The summed E-state index contributed by atoms with van der Waals surface area (Å²) in [6.45, 7) is 33.1. The Morgan fingerprint density at radius 2 is 1.65 bits per heavy atom. The van der Waals surface area contributed by atoms with Gasteiger partial charge in [0, 0.05) is 43.3 Å². The number of hydrogen-bond donors (Lipinski definition) is 3. The van der Waals surface area contributed by atoms with Gasteiger partial charge in [-0.3, -0.25) is 9.59 Å². The highest BCUT2D eigenvalue weighted by Gasteiger charge is 2.75. The molecule has 5 saturated carbocycles. The lowest BCUT2D eigenvalue weighted by atomic mass is 9.30. The van der Waals surface area contributed by atoms with Crippen molar-refractivity contribution in [3.05, 3.63) is 36.8 Å². The molecule has 0 aromatic heterocycles. The molecule has 6 rings (SSSR count). The molecule has 7 nitrogen and oxygen atoms in total. The summed E-state index contributed by atoms with van der Waals surface area (Å²) in [7, 11) is 0. The van der Waals surface area contributed by atoms with Crippen LogP contribution in [0.1, 0.15) is 139 Å². The van der Waals surface area contributed by atoms with E-state index < -0.39 is 0 Å². The molecule has 1 aliphatic heterocycles. The van der Waals surface area contributed by atoms with E-state index in [9.17, 15) is 14.7 Å². The van der Waals surface area contributed by atoms with E-state index in [4.69, 9.17) is 10.5 Å². The highest BCUT2D eigenvalue weighted by molar-refractivity contribution is 5.86. The molecule has 0 aromatic carbocycles. The summed E-state index contributed by atoms with van der Waals surface area (Å²) in [6.07, 6.45) is 12.6. The van der Waals surface area contributed by atoms with Crippen molar-refractivity contribution >= 4 is 11.8 Å². The van der Waals surface area contributed by atoms with Crippen molar-refractivity contribution in [2.24, 2.45) is 61.9 Å². The Kier molecular flexibility index (Phi) is 9.54. The molecule has 0 radical (unpaired) electrons. The molecule has 6 fully saturated rings. The normalized spacial score (nSPS) is 43.1. The van der Waals surface area contributed by atoms with Crippen LogP contribution in [0.3, 0.4) is 0 Å². The Bertz CT molecular complexity index is 1470. The average Bonchev–Trinajstić information content (AvgIpc) is 3.40. The Balaban J connectivity index is 1.26. The van der Waals surface area contributed by atoms with Gasteiger partial charge in [-0.2, -0.15) is 0 Å². The van der Waals surface area contributed by atoms with Crippen molar-refractivity contribution in [3.63, 3.8) is 0 Å². The van der Waals surface area contributed by atoms with Crippen LogP contribution >= 0.6 is 0 Å².